The van der Waals surface area contributed by atoms with Crippen molar-refractivity contribution >= 4 is 40.4 Å². The van der Waals surface area contributed by atoms with E-state index in [1.54, 1.807) is 0 Å². The smallest absolute Gasteiger partial charge is 0.263 e. The molecular weight excluding hydrogens is 427 g/mol. The fourth-order valence-corrected chi connectivity index (χ4v) is 4.71. The number of carbonyl (C=O) groups is 1. The first-order valence-corrected chi connectivity index (χ1v) is 11.4. The van der Waals surface area contributed by atoms with Crippen molar-refractivity contribution < 1.29 is 4.79 Å². The van der Waals surface area contributed by atoms with Crippen molar-refractivity contribution in [3.63, 3.8) is 0 Å². The van der Waals surface area contributed by atoms with Gasteiger partial charge >= 0.3 is 0 Å². The maximum atomic E-state index is 13.0. The molecule has 1 aromatic carbocycles. The largest absolute Gasteiger partial charge is 0.350 e. The van der Waals surface area contributed by atoms with Crippen molar-refractivity contribution in [1.82, 2.24) is 14.8 Å². The molecule has 1 amide bonds. The van der Waals surface area contributed by atoms with Crippen LogP contribution in [0.5, 0.6) is 0 Å². The second-order valence-electron chi connectivity index (χ2n) is 7.61. The summed E-state index contributed by atoms with van der Waals surface area (Å²) >= 11 is 13.7. The summed E-state index contributed by atoms with van der Waals surface area (Å²) in [6.07, 6.45) is 0. The number of amides is 1. The number of nitrogens with one attached hydrogen (secondary N) is 1. The molecule has 0 aliphatic carbocycles. The third-order valence-corrected chi connectivity index (χ3v) is 5.95. The molecule has 0 aliphatic rings. The van der Waals surface area contributed by atoms with E-state index in [1.165, 1.54) is 11.3 Å². The fraction of sp³-hybridized carbons (Fsp3) is 0.524. The molecule has 0 aliphatic heterocycles. The van der Waals surface area contributed by atoms with Gasteiger partial charge in [0.05, 0.1) is 6.04 Å². The standard InChI is InChI=1S/C21H30Cl2N4OS/c1-13(2)18-19(20(28)24-11-12-26(5)6)29-21(25-15(4)22)27(18)14(3)16-7-9-17(23)10-8-16/h7-10,13-15H,11-12H2,1-6H3,(H,24,28). The van der Waals surface area contributed by atoms with Gasteiger partial charge < -0.3 is 14.8 Å². The van der Waals surface area contributed by atoms with Gasteiger partial charge in [-0.15, -0.1) is 0 Å². The Morgan fingerprint density at radius 3 is 2.34 bits per heavy atom. The van der Waals surface area contributed by atoms with E-state index >= 15 is 0 Å². The van der Waals surface area contributed by atoms with Gasteiger partial charge in [-0.1, -0.05) is 60.5 Å². The Kier molecular flexibility index (Phi) is 8.76. The number of aromatic nitrogens is 1. The van der Waals surface area contributed by atoms with Crippen LogP contribution in [0.1, 0.15) is 60.6 Å². The highest BCUT2D eigenvalue weighted by Gasteiger charge is 2.25. The normalized spacial score (nSPS) is 14.5. The first-order chi connectivity index (χ1) is 13.6. The van der Waals surface area contributed by atoms with Gasteiger partial charge in [0.2, 0.25) is 0 Å². The van der Waals surface area contributed by atoms with Crippen LogP contribution in [0, 0.1) is 0 Å². The maximum Gasteiger partial charge on any atom is 0.263 e. The number of halogens is 2. The Balaban J connectivity index is 2.56. The Bertz CT molecular complexity index is 885. The Labute approximate surface area is 187 Å². The number of hydrogen-bond acceptors (Lipinski definition) is 4. The molecule has 5 nitrogen and oxygen atoms in total. The van der Waals surface area contributed by atoms with Crippen molar-refractivity contribution in [1.29, 1.82) is 0 Å². The topological polar surface area (TPSA) is 49.6 Å². The molecule has 0 bridgehead atoms. The zero-order valence-electron chi connectivity index (χ0n) is 17.9. The quantitative estimate of drug-likeness (QED) is 0.461. The molecule has 2 atom stereocenters. The lowest BCUT2D eigenvalue weighted by atomic mass is 10.0. The summed E-state index contributed by atoms with van der Waals surface area (Å²) in [7, 11) is 3.97. The van der Waals surface area contributed by atoms with Gasteiger partial charge in [0.1, 0.15) is 10.4 Å². The van der Waals surface area contributed by atoms with Crippen molar-refractivity contribution in [2.24, 2.45) is 4.99 Å². The zero-order chi connectivity index (χ0) is 21.7. The molecule has 0 saturated heterocycles. The van der Waals surface area contributed by atoms with E-state index in [2.05, 4.69) is 35.6 Å². The predicted molar refractivity (Wildman–Crippen MR) is 123 cm³/mol. The molecule has 2 rings (SSSR count). The van der Waals surface area contributed by atoms with E-state index in [0.717, 1.165) is 22.6 Å². The Morgan fingerprint density at radius 1 is 1.21 bits per heavy atom. The molecule has 2 aromatic rings. The number of rotatable bonds is 8. The van der Waals surface area contributed by atoms with Crippen LogP contribution in [0.25, 0.3) is 0 Å². The van der Waals surface area contributed by atoms with Gasteiger partial charge in [0.25, 0.3) is 5.91 Å². The van der Waals surface area contributed by atoms with Crippen LogP contribution in [0.4, 0.5) is 0 Å². The number of hydrogen-bond donors (Lipinski definition) is 1. The fourth-order valence-electron chi connectivity index (χ4n) is 3.09. The summed E-state index contributed by atoms with van der Waals surface area (Å²) in [4.78, 5) is 21.1. The number of alkyl halides is 1. The van der Waals surface area contributed by atoms with E-state index in [-0.39, 0.29) is 23.4 Å². The molecule has 0 saturated carbocycles. The van der Waals surface area contributed by atoms with E-state index in [9.17, 15) is 4.79 Å². The van der Waals surface area contributed by atoms with Gasteiger partial charge in [-0.3, -0.25) is 4.79 Å². The molecule has 8 heteroatoms. The number of nitrogens with zero attached hydrogens (tertiary/aromatic N) is 3. The summed E-state index contributed by atoms with van der Waals surface area (Å²) in [5.41, 5.74) is 1.68. The molecule has 1 aromatic heterocycles. The van der Waals surface area contributed by atoms with E-state index in [4.69, 9.17) is 23.2 Å². The van der Waals surface area contributed by atoms with Crippen LogP contribution in [-0.4, -0.2) is 48.1 Å². The minimum absolute atomic E-state index is 0.0154. The maximum absolute atomic E-state index is 13.0. The van der Waals surface area contributed by atoms with Gasteiger partial charge in [0.15, 0.2) is 4.80 Å². The summed E-state index contributed by atoms with van der Waals surface area (Å²) in [6.45, 7) is 9.49. The van der Waals surface area contributed by atoms with Gasteiger partial charge in [0, 0.05) is 23.8 Å². The second-order valence-corrected chi connectivity index (χ2v) is 9.66. The van der Waals surface area contributed by atoms with Gasteiger partial charge in [-0.2, -0.15) is 0 Å². The van der Waals surface area contributed by atoms with E-state index in [1.807, 2.05) is 50.2 Å². The summed E-state index contributed by atoms with van der Waals surface area (Å²) in [6, 6.07) is 7.76. The minimum atomic E-state index is -0.387. The summed E-state index contributed by atoms with van der Waals surface area (Å²) in [5.74, 6) is 0.0754. The van der Waals surface area contributed by atoms with Crippen molar-refractivity contribution in [2.45, 2.75) is 45.2 Å². The molecule has 1 N–H and O–H groups in total. The lowest BCUT2D eigenvalue weighted by molar-refractivity contribution is 0.0953. The zero-order valence-corrected chi connectivity index (χ0v) is 20.2. The number of likely N-dealkylation sites (N-methyl/N-ethyl adjacent to an activating group) is 1. The number of benzene rings is 1. The van der Waals surface area contributed by atoms with Crippen molar-refractivity contribution in [2.75, 3.05) is 27.2 Å². The van der Waals surface area contributed by atoms with Gasteiger partial charge in [-0.05, 0) is 51.6 Å². The van der Waals surface area contributed by atoms with Crippen molar-refractivity contribution in [3.8, 4) is 0 Å². The highest BCUT2D eigenvalue weighted by molar-refractivity contribution is 7.11. The molecule has 29 heavy (non-hydrogen) atoms. The van der Waals surface area contributed by atoms with E-state index < -0.39 is 0 Å². The second kappa shape index (κ2) is 10.6. The van der Waals surface area contributed by atoms with Crippen LogP contribution in [-0.2, 0) is 0 Å². The van der Waals surface area contributed by atoms with Crippen LogP contribution >= 0.6 is 34.5 Å². The number of carbonyl (C=O) groups excluding carboxylic acids is 1. The van der Waals surface area contributed by atoms with Crippen LogP contribution in [0.15, 0.2) is 29.3 Å². The monoisotopic (exact) mass is 456 g/mol. The molecule has 0 radical (unpaired) electrons. The third kappa shape index (κ3) is 6.32. The highest BCUT2D eigenvalue weighted by atomic mass is 35.5. The lowest BCUT2D eigenvalue weighted by Gasteiger charge is -2.21. The Hall–Kier alpha value is -1.34. The number of thiazole rings is 1. The SMILES string of the molecule is CC(Cl)N=c1sc(C(=O)NCCN(C)C)c(C(C)C)n1C(C)c1ccc(Cl)cc1. The molecule has 0 fully saturated rings. The average molecular weight is 457 g/mol. The lowest BCUT2D eigenvalue weighted by Crippen LogP contribution is -2.31. The minimum Gasteiger partial charge on any atom is -0.350 e. The first-order valence-electron chi connectivity index (χ1n) is 9.73. The summed E-state index contributed by atoms with van der Waals surface area (Å²) in [5, 5.41) is 3.72. The van der Waals surface area contributed by atoms with Gasteiger partial charge in [-0.25, -0.2) is 4.99 Å². The molecular formula is C21H30Cl2N4OS. The van der Waals surface area contributed by atoms with Crippen LogP contribution in [0.3, 0.4) is 0 Å². The highest BCUT2D eigenvalue weighted by Crippen LogP contribution is 2.29. The molecule has 1 heterocycles. The molecule has 160 valence electrons. The average Bonchev–Trinajstić information content (AvgIpc) is 3.00. The van der Waals surface area contributed by atoms with Crippen molar-refractivity contribution in [3.05, 3.63) is 50.2 Å². The van der Waals surface area contributed by atoms with Crippen LogP contribution < -0.4 is 10.1 Å². The first kappa shape index (κ1) is 23.9. The molecule has 0 spiro atoms. The molecule has 2 unspecified atom stereocenters. The summed E-state index contributed by atoms with van der Waals surface area (Å²) < 4.78 is 2.14. The Morgan fingerprint density at radius 2 is 1.83 bits per heavy atom. The predicted octanol–water partition coefficient (Wildman–Crippen LogP) is 4.71. The van der Waals surface area contributed by atoms with Crippen LogP contribution in [0.2, 0.25) is 5.02 Å². The third-order valence-electron chi connectivity index (χ3n) is 4.52. The van der Waals surface area contributed by atoms with E-state index in [0.29, 0.717) is 16.4 Å².